The largest absolute Gasteiger partial charge is 0.489 e. The van der Waals surface area contributed by atoms with Crippen LogP contribution >= 0.6 is 34.8 Å². The maximum absolute atomic E-state index is 6.24. The summed E-state index contributed by atoms with van der Waals surface area (Å²) in [5, 5.41) is 5.44. The van der Waals surface area contributed by atoms with Gasteiger partial charge in [-0.1, -0.05) is 40.0 Å². The van der Waals surface area contributed by atoms with Gasteiger partial charge in [-0.3, -0.25) is 0 Å². The lowest BCUT2D eigenvalue weighted by atomic mass is 10.2. The Labute approximate surface area is 154 Å². The number of benzene rings is 2. The van der Waals surface area contributed by atoms with Gasteiger partial charge in [0.2, 0.25) is 5.82 Å². The predicted octanol–water partition coefficient (Wildman–Crippen LogP) is 6.15. The van der Waals surface area contributed by atoms with Crippen LogP contribution < -0.4 is 4.74 Å². The molecule has 0 aliphatic carbocycles. The first-order chi connectivity index (χ1) is 11.4. The van der Waals surface area contributed by atoms with E-state index in [1.165, 1.54) is 0 Å². The third-order valence-corrected chi connectivity index (χ3v) is 3.98. The molecule has 0 unspecified atom stereocenters. The van der Waals surface area contributed by atoms with E-state index >= 15 is 0 Å². The number of rotatable bonds is 4. The van der Waals surface area contributed by atoms with Crippen LogP contribution in [0.25, 0.3) is 22.8 Å². The van der Waals surface area contributed by atoms with Gasteiger partial charge in [0.05, 0.1) is 21.7 Å². The van der Waals surface area contributed by atoms with Crippen molar-refractivity contribution in [2.45, 2.75) is 20.0 Å². The van der Waals surface area contributed by atoms with Crippen LogP contribution in [0, 0.1) is 0 Å². The van der Waals surface area contributed by atoms with Gasteiger partial charge in [-0.2, -0.15) is 4.98 Å². The van der Waals surface area contributed by atoms with E-state index in [0.717, 1.165) is 5.56 Å². The van der Waals surface area contributed by atoms with Crippen LogP contribution in [0.4, 0.5) is 0 Å². The Morgan fingerprint density at radius 1 is 1.00 bits per heavy atom. The molecular formula is C17H13Cl3N2O2. The molecule has 0 spiro atoms. The Morgan fingerprint density at radius 3 is 2.46 bits per heavy atom. The predicted molar refractivity (Wildman–Crippen MR) is 96.0 cm³/mol. The van der Waals surface area contributed by atoms with Crippen LogP contribution in [0.2, 0.25) is 15.1 Å². The molecule has 3 aromatic rings. The van der Waals surface area contributed by atoms with E-state index in [-0.39, 0.29) is 6.10 Å². The zero-order chi connectivity index (χ0) is 17.3. The van der Waals surface area contributed by atoms with Gasteiger partial charge in [-0.25, -0.2) is 0 Å². The van der Waals surface area contributed by atoms with Crippen molar-refractivity contribution in [3.05, 3.63) is 51.5 Å². The van der Waals surface area contributed by atoms with Crippen molar-refractivity contribution in [1.82, 2.24) is 10.1 Å². The molecule has 0 saturated carbocycles. The Morgan fingerprint density at radius 2 is 1.79 bits per heavy atom. The maximum atomic E-state index is 6.24. The summed E-state index contributed by atoms with van der Waals surface area (Å²) in [6.07, 6.45) is 0.0391. The minimum Gasteiger partial charge on any atom is -0.489 e. The second-order valence-electron chi connectivity index (χ2n) is 5.36. The summed E-state index contributed by atoms with van der Waals surface area (Å²) in [7, 11) is 0. The molecule has 0 atom stereocenters. The minimum atomic E-state index is 0.0391. The van der Waals surface area contributed by atoms with Crippen molar-refractivity contribution in [3.8, 4) is 28.6 Å². The summed E-state index contributed by atoms with van der Waals surface area (Å²) in [4.78, 5) is 4.37. The Bertz CT molecular complexity index is 878. The van der Waals surface area contributed by atoms with Gasteiger partial charge in [0.25, 0.3) is 5.89 Å². The molecular weight excluding hydrogens is 371 g/mol. The molecule has 4 nitrogen and oxygen atoms in total. The summed E-state index contributed by atoms with van der Waals surface area (Å²) in [5.41, 5.74) is 1.34. The average Bonchev–Trinajstić information content (AvgIpc) is 2.98. The van der Waals surface area contributed by atoms with E-state index in [9.17, 15) is 0 Å². The number of nitrogens with zero attached hydrogens (tertiary/aromatic N) is 2. The molecule has 0 saturated heterocycles. The van der Waals surface area contributed by atoms with E-state index in [4.69, 9.17) is 44.1 Å². The third kappa shape index (κ3) is 3.66. The van der Waals surface area contributed by atoms with Crippen molar-refractivity contribution in [3.63, 3.8) is 0 Å². The fraction of sp³-hybridized carbons (Fsp3) is 0.176. The molecule has 0 aliphatic heterocycles. The van der Waals surface area contributed by atoms with Crippen LogP contribution in [-0.4, -0.2) is 16.2 Å². The Hall–Kier alpha value is -1.75. The fourth-order valence-corrected chi connectivity index (χ4v) is 2.82. The number of ether oxygens (including phenoxy) is 1. The smallest absolute Gasteiger partial charge is 0.259 e. The van der Waals surface area contributed by atoms with Crippen LogP contribution in [-0.2, 0) is 0 Å². The number of hydrogen-bond donors (Lipinski definition) is 0. The van der Waals surface area contributed by atoms with Gasteiger partial charge in [0.15, 0.2) is 0 Å². The van der Waals surface area contributed by atoms with Gasteiger partial charge >= 0.3 is 0 Å². The van der Waals surface area contributed by atoms with Crippen LogP contribution in [0.3, 0.4) is 0 Å². The zero-order valence-electron chi connectivity index (χ0n) is 12.9. The topological polar surface area (TPSA) is 48.2 Å². The Balaban J connectivity index is 1.92. The first-order valence-corrected chi connectivity index (χ1v) is 8.33. The Kier molecular flexibility index (Phi) is 4.99. The van der Waals surface area contributed by atoms with Crippen LogP contribution in [0.1, 0.15) is 13.8 Å². The summed E-state index contributed by atoms with van der Waals surface area (Å²) in [6, 6.07) is 10.4. The highest BCUT2D eigenvalue weighted by atomic mass is 35.5. The maximum Gasteiger partial charge on any atom is 0.259 e. The van der Waals surface area contributed by atoms with Gasteiger partial charge in [-0.05, 0) is 50.2 Å². The summed E-state index contributed by atoms with van der Waals surface area (Å²) >= 11 is 18.3. The number of hydrogen-bond acceptors (Lipinski definition) is 4. The lowest BCUT2D eigenvalue weighted by Gasteiger charge is -2.11. The molecule has 1 heterocycles. The van der Waals surface area contributed by atoms with Crippen molar-refractivity contribution in [2.75, 3.05) is 0 Å². The molecule has 124 valence electrons. The highest BCUT2D eigenvalue weighted by Gasteiger charge is 2.15. The SMILES string of the molecule is CC(C)Oc1ccc(-c2noc(-c3ccc(Cl)cc3Cl)n2)cc1Cl. The second kappa shape index (κ2) is 7.01. The molecule has 0 bridgehead atoms. The van der Waals surface area contributed by atoms with Gasteiger partial charge < -0.3 is 9.26 Å². The van der Waals surface area contributed by atoms with Crippen LogP contribution in [0.15, 0.2) is 40.9 Å². The van der Waals surface area contributed by atoms with Crippen LogP contribution in [0.5, 0.6) is 5.75 Å². The van der Waals surface area contributed by atoms with Crippen molar-refractivity contribution < 1.29 is 9.26 Å². The lowest BCUT2D eigenvalue weighted by Crippen LogP contribution is -2.05. The van der Waals surface area contributed by atoms with Crippen molar-refractivity contribution in [2.24, 2.45) is 0 Å². The average molecular weight is 384 g/mol. The molecule has 0 radical (unpaired) electrons. The summed E-state index contributed by atoms with van der Waals surface area (Å²) in [5.74, 6) is 1.33. The molecule has 0 amide bonds. The minimum absolute atomic E-state index is 0.0391. The zero-order valence-corrected chi connectivity index (χ0v) is 15.2. The van der Waals surface area contributed by atoms with E-state index < -0.39 is 0 Å². The number of aromatic nitrogens is 2. The quantitative estimate of drug-likeness (QED) is 0.542. The third-order valence-electron chi connectivity index (χ3n) is 3.14. The molecule has 2 aromatic carbocycles. The molecule has 0 fully saturated rings. The van der Waals surface area contributed by atoms with E-state index in [1.807, 2.05) is 19.9 Å². The lowest BCUT2D eigenvalue weighted by molar-refractivity contribution is 0.242. The second-order valence-corrected chi connectivity index (χ2v) is 6.61. The first kappa shape index (κ1) is 17.1. The standard InChI is InChI=1S/C17H13Cl3N2O2/c1-9(2)23-15-6-3-10(7-14(15)20)16-21-17(24-22-16)12-5-4-11(18)8-13(12)19/h3-9H,1-2H3. The van der Waals surface area contributed by atoms with E-state index in [2.05, 4.69) is 10.1 Å². The van der Waals surface area contributed by atoms with E-state index in [1.54, 1.807) is 30.3 Å². The monoisotopic (exact) mass is 382 g/mol. The number of halogens is 3. The summed E-state index contributed by atoms with van der Waals surface area (Å²) < 4.78 is 10.9. The molecule has 7 heteroatoms. The first-order valence-electron chi connectivity index (χ1n) is 7.20. The highest BCUT2D eigenvalue weighted by Crippen LogP contribution is 2.33. The highest BCUT2D eigenvalue weighted by molar-refractivity contribution is 6.36. The van der Waals surface area contributed by atoms with Gasteiger partial charge in [-0.15, -0.1) is 0 Å². The molecule has 3 rings (SSSR count). The van der Waals surface area contributed by atoms with Crippen molar-refractivity contribution >= 4 is 34.8 Å². The van der Waals surface area contributed by atoms with Gasteiger partial charge in [0, 0.05) is 10.6 Å². The summed E-state index contributed by atoms with van der Waals surface area (Å²) in [6.45, 7) is 3.87. The fourth-order valence-electron chi connectivity index (χ4n) is 2.10. The normalized spacial score (nSPS) is 11.1. The molecule has 0 aliphatic rings. The molecule has 24 heavy (non-hydrogen) atoms. The van der Waals surface area contributed by atoms with E-state index in [0.29, 0.717) is 38.1 Å². The van der Waals surface area contributed by atoms with Gasteiger partial charge in [0.1, 0.15) is 5.75 Å². The van der Waals surface area contributed by atoms with Crippen molar-refractivity contribution in [1.29, 1.82) is 0 Å². The molecule has 0 N–H and O–H groups in total. The molecule has 1 aromatic heterocycles.